The van der Waals surface area contributed by atoms with Gasteiger partial charge in [-0.25, -0.2) is 0 Å². The van der Waals surface area contributed by atoms with Crippen LogP contribution in [0.4, 0.5) is 18.9 Å². The van der Waals surface area contributed by atoms with E-state index >= 15 is 0 Å². The van der Waals surface area contributed by atoms with Gasteiger partial charge in [0.05, 0.1) is 13.7 Å². The highest BCUT2D eigenvalue weighted by molar-refractivity contribution is 5.97. The first-order valence-corrected chi connectivity index (χ1v) is 10.7. The predicted molar refractivity (Wildman–Crippen MR) is 121 cm³/mol. The number of hydrogen-bond donors (Lipinski definition) is 1. The first kappa shape index (κ1) is 22.9. The van der Waals surface area contributed by atoms with Crippen molar-refractivity contribution in [2.24, 2.45) is 0 Å². The molecule has 1 amide bonds. The molecule has 3 aromatic rings. The number of methoxy groups -OCH3 is 1. The minimum atomic E-state index is -4.94. The fraction of sp³-hybridized carbons (Fsp3) is 0.269. The van der Waals surface area contributed by atoms with Crippen LogP contribution in [0.25, 0.3) is 0 Å². The maximum Gasteiger partial charge on any atom is 0.471 e. The molecule has 3 aromatic carbocycles. The quantitative estimate of drug-likeness (QED) is 0.493. The van der Waals surface area contributed by atoms with Crippen LogP contribution in [0, 0.1) is 0 Å². The van der Waals surface area contributed by atoms with E-state index in [1.165, 1.54) is 0 Å². The molecule has 172 valence electrons. The number of hydrogen-bond acceptors (Lipinski definition) is 3. The molecule has 33 heavy (non-hydrogen) atoms. The number of nitrogens with zero attached hydrogens (tertiary/aromatic N) is 1. The zero-order valence-electron chi connectivity index (χ0n) is 18.2. The second kappa shape index (κ2) is 9.67. The number of halogens is 3. The predicted octanol–water partition coefficient (Wildman–Crippen LogP) is 5.44. The molecule has 4 nitrogen and oxygen atoms in total. The van der Waals surface area contributed by atoms with E-state index < -0.39 is 12.1 Å². The number of carbonyl (C=O) groups excluding carboxylic acids is 1. The van der Waals surface area contributed by atoms with Crippen molar-refractivity contribution in [3.63, 3.8) is 0 Å². The Morgan fingerprint density at radius 2 is 1.64 bits per heavy atom. The van der Waals surface area contributed by atoms with E-state index in [9.17, 15) is 18.0 Å². The second-order valence-electron chi connectivity index (χ2n) is 8.14. The average molecular weight is 454 g/mol. The van der Waals surface area contributed by atoms with Crippen molar-refractivity contribution in [2.75, 3.05) is 12.0 Å². The number of alkyl halides is 3. The van der Waals surface area contributed by atoms with E-state index in [-0.39, 0.29) is 12.2 Å². The number of anilines is 1. The third-order valence-corrected chi connectivity index (χ3v) is 5.82. The van der Waals surface area contributed by atoms with E-state index in [4.69, 9.17) is 4.74 Å². The summed E-state index contributed by atoms with van der Waals surface area (Å²) in [6, 6.07) is 23.7. The number of benzene rings is 3. The van der Waals surface area contributed by atoms with Crippen LogP contribution in [0.2, 0.25) is 0 Å². The molecule has 2 atom stereocenters. The number of nitrogens with one attached hydrogen (secondary N) is 1. The summed E-state index contributed by atoms with van der Waals surface area (Å²) in [5.74, 6) is -0.754. The van der Waals surface area contributed by atoms with Gasteiger partial charge in [0.25, 0.3) is 0 Å². The monoisotopic (exact) mass is 454 g/mol. The van der Waals surface area contributed by atoms with E-state index in [1.807, 2.05) is 36.4 Å². The minimum absolute atomic E-state index is 0.145. The van der Waals surface area contributed by atoms with Crippen LogP contribution in [-0.2, 0) is 17.9 Å². The highest BCUT2D eigenvalue weighted by Gasteiger charge is 2.43. The van der Waals surface area contributed by atoms with E-state index in [2.05, 4.69) is 5.32 Å². The first-order chi connectivity index (χ1) is 15.8. The van der Waals surface area contributed by atoms with Gasteiger partial charge in [0, 0.05) is 24.2 Å². The van der Waals surface area contributed by atoms with Gasteiger partial charge >= 0.3 is 12.1 Å². The molecule has 1 N–H and O–H groups in total. The fourth-order valence-corrected chi connectivity index (χ4v) is 3.88. The van der Waals surface area contributed by atoms with Crippen molar-refractivity contribution in [1.29, 1.82) is 0 Å². The maximum atomic E-state index is 13.2. The molecule has 7 heteroatoms. The standard InChI is InChI=1S/C26H25F3N2O2/c1-33-22-13-7-18(8-14-22)16-30-24-15-23(24)20-9-11-21(12-10-20)31(25(32)26(27,28)29)17-19-5-3-2-4-6-19/h2-14,23-24,30H,15-17H2,1H3. The van der Waals surface area contributed by atoms with Gasteiger partial charge in [-0.15, -0.1) is 0 Å². The van der Waals surface area contributed by atoms with Crippen molar-refractivity contribution < 1.29 is 22.7 Å². The summed E-state index contributed by atoms with van der Waals surface area (Å²) in [7, 11) is 1.63. The van der Waals surface area contributed by atoms with E-state index in [1.54, 1.807) is 49.6 Å². The topological polar surface area (TPSA) is 41.6 Å². The molecule has 0 radical (unpaired) electrons. The van der Waals surface area contributed by atoms with Gasteiger partial charge in [-0.1, -0.05) is 54.6 Å². The third-order valence-electron chi connectivity index (χ3n) is 5.82. The van der Waals surface area contributed by atoms with Crippen molar-refractivity contribution in [1.82, 2.24) is 5.32 Å². The Bertz CT molecular complexity index is 1070. The summed E-state index contributed by atoms with van der Waals surface area (Å²) in [4.78, 5) is 12.9. The molecule has 1 fully saturated rings. The van der Waals surface area contributed by atoms with Gasteiger partial charge in [-0.2, -0.15) is 13.2 Å². The van der Waals surface area contributed by atoms with Crippen molar-refractivity contribution in [2.45, 2.75) is 37.6 Å². The lowest BCUT2D eigenvalue weighted by Gasteiger charge is -2.24. The molecule has 1 saturated carbocycles. The van der Waals surface area contributed by atoms with Crippen LogP contribution in [0.15, 0.2) is 78.9 Å². The van der Waals surface area contributed by atoms with Gasteiger partial charge in [-0.05, 0) is 47.4 Å². The van der Waals surface area contributed by atoms with Crippen molar-refractivity contribution in [3.8, 4) is 5.75 Å². The molecule has 0 spiro atoms. The van der Waals surface area contributed by atoms with Gasteiger partial charge in [0.15, 0.2) is 0 Å². The number of amides is 1. The zero-order chi connectivity index (χ0) is 23.4. The molecular weight excluding hydrogens is 429 g/mol. The van der Waals surface area contributed by atoms with Crippen LogP contribution in [0.5, 0.6) is 5.75 Å². The highest BCUT2D eigenvalue weighted by Crippen LogP contribution is 2.41. The van der Waals surface area contributed by atoms with Gasteiger partial charge in [-0.3, -0.25) is 4.79 Å². The fourth-order valence-electron chi connectivity index (χ4n) is 3.88. The van der Waals surface area contributed by atoms with Gasteiger partial charge in [0.2, 0.25) is 0 Å². The van der Waals surface area contributed by atoms with Crippen molar-refractivity contribution >= 4 is 11.6 Å². The lowest BCUT2D eigenvalue weighted by Crippen LogP contribution is -2.40. The summed E-state index contributed by atoms with van der Waals surface area (Å²) in [5.41, 5.74) is 3.06. The van der Waals surface area contributed by atoms with Gasteiger partial charge in [0.1, 0.15) is 5.75 Å². The molecule has 1 aliphatic carbocycles. The minimum Gasteiger partial charge on any atom is -0.497 e. The summed E-state index contributed by atoms with van der Waals surface area (Å²) < 4.78 is 44.8. The molecule has 0 saturated heterocycles. The Labute approximate surface area is 191 Å². The van der Waals surface area contributed by atoms with Gasteiger partial charge < -0.3 is 15.0 Å². The summed E-state index contributed by atoms with van der Waals surface area (Å²) in [6.07, 6.45) is -3.98. The molecule has 4 rings (SSSR count). The Morgan fingerprint density at radius 1 is 0.970 bits per heavy atom. The van der Waals surface area contributed by atoms with E-state index in [0.717, 1.165) is 34.7 Å². The number of rotatable bonds is 8. The van der Waals surface area contributed by atoms with Crippen LogP contribution < -0.4 is 15.0 Å². The molecular formula is C26H25F3N2O2. The molecule has 2 unspecified atom stereocenters. The summed E-state index contributed by atoms with van der Waals surface area (Å²) in [5, 5.41) is 3.51. The Kier molecular flexibility index (Phi) is 6.70. The molecule has 0 aliphatic heterocycles. The lowest BCUT2D eigenvalue weighted by molar-refractivity contribution is -0.170. The van der Waals surface area contributed by atoms with Crippen LogP contribution in [-0.4, -0.2) is 25.2 Å². The SMILES string of the molecule is COc1ccc(CNC2CC2c2ccc(N(Cc3ccccc3)C(=O)C(F)(F)F)cc2)cc1. The molecule has 1 aliphatic rings. The summed E-state index contributed by atoms with van der Waals surface area (Å²) >= 11 is 0. The Balaban J connectivity index is 1.40. The number of ether oxygens (including phenoxy) is 1. The zero-order valence-corrected chi connectivity index (χ0v) is 18.2. The maximum absolute atomic E-state index is 13.2. The van der Waals surface area contributed by atoms with Crippen LogP contribution in [0.1, 0.15) is 29.0 Å². The second-order valence-corrected chi connectivity index (χ2v) is 8.14. The van der Waals surface area contributed by atoms with Crippen molar-refractivity contribution in [3.05, 3.63) is 95.6 Å². The normalized spacial score (nSPS) is 17.5. The van der Waals surface area contributed by atoms with Crippen LogP contribution >= 0.6 is 0 Å². The molecule has 0 heterocycles. The molecule has 0 bridgehead atoms. The smallest absolute Gasteiger partial charge is 0.471 e. The van der Waals surface area contributed by atoms with Crippen LogP contribution in [0.3, 0.4) is 0 Å². The van der Waals surface area contributed by atoms with E-state index in [0.29, 0.717) is 17.5 Å². The lowest BCUT2D eigenvalue weighted by atomic mass is 10.1. The number of carbonyl (C=O) groups is 1. The third kappa shape index (κ3) is 5.73. The average Bonchev–Trinajstić information content (AvgIpc) is 3.61. The Morgan fingerprint density at radius 3 is 2.24 bits per heavy atom. The first-order valence-electron chi connectivity index (χ1n) is 10.7. The largest absolute Gasteiger partial charge is 0.497 e. The highest BCUT2D eigenvalue weighted by atomic mass is 19.4. The Hall–Kier alpha value is -3.32. The molecule has 0 aromatic heterocycles. The summed E-state index contributed by atoms with van der Waals surface area (Å²) in [6.45, 7) is 0.585.